The number of nitrogens with zero attached hydrogens (tertiary/aromatic N) is 1. The second-order valence-electron chi connectivity index (χ2n) is 4.37. The van der Waals surface area contributed by atoms with Gasteiger partial charge in [-0.1, -0.05) is 12.8 Å². The van der Waals surface area contributed by atoms with Gasteiger partial charge >= 0.3 is 5.97 Å². The van der Waals surface area contributed by atoms with Crippen molar-refractivity contribution in [1.29, 1.82) is 5.26 Å². The van der Waals surface area contributed by atoms with Gasteiger partial charge in [-0.15, -0.1) is 0 Å². The van der Waals surface area contributed by atoms with E-state index < -0.39 is 17.4 Å². The van der Waals surface area contributed by atoms with Gasteiger partial charge in [0.15, 0.2) is 0 Å². The zero-order valence-electron chi connectivity index (χ0n) is 9.32. The number of aliphatic carboxylic acids is 1. The number of hydrogen-bond acceptors (Lipinski definition) is 3. The van der Waals surface area contributed by atoms with Gasteiger partial charge in [-0.2, -0.15) is 5.26 Å². The van der Waals surface area contributed by atoms with Gasteiger partial charge in [0.2, 0.25) is 5.91 Å². The third kappa shape index (κ3) is 2.72. The summed E-state index contributed by atoms with van der Waals surface area (Å²) in [5.41, 5.74) is -0.924. The molecule has 1 rings (SSSR count). The maximum Gasteiger partial charge on any atom is 0.305 e. The number of carboxylic acid groups (broad SMARTS) is 1. The summed E-state index contributed by atoms with van der Waals surface area (Å²) in [6.07, 6.45) is 2.81. The molecule has 1 saturated carbocycles. The molecule has 0 spiro atoms. The quantitative estimate of drug-likeness (QED) is 0.746. The molecule has 0 aromatic heterocycles. The van der Waals surface area contributed by atoms with Crippen LogP contribution in [0.1, 0.15) is 39.0 Å². The first-order valence-corrected chi connectivity index (χ1v) is 5.44. The van der Waals surface area contributed by atoms with Gasteiger partial charge in [0, 0.05) is 6.04 Å². The first-order valence-electron chi connectivity index (χ1n) is 5.44. The Balaban J connectivity index is 2.57. The summed E-state index contributed by atoms with van der Waals surface area (Å²) in [6.45, 7) is 1.63. The Hall–Kier alpha value is -1.57. The molecular weight excluding hydrogens is 208 g/mol. The van der Waals surface area contributed by atoms with Crippen LogP contribution in [0.3, 0.4) is 0 Å². The standard InChI is InChI=1S/C11H16N2O3/c1-8(6-9(14)15)13-10(16)11(7-12)4-2-3-5-11/h8H,2-6H2,1H3,(H,13,16)(H,14,15). The Morgan fingerprint density at radius 3 is 2.50 bits per heavy atom. The zero-order chi connectivity index (χ0) is 12.2. The van der Waals surface area contributed by atoms with E-state index in [-0.39, 0.29) is 12.3 Å². The number of rotatable bonds is 4. The predicted octanol–water partition coefficient (Wildman–Crippen LogP) is 1.05. The molecular formula is C11H16N2O3. The summed E-state index contributed by atoms with van der Waals surface area (Å²) < 4.78 is 0. The highest BCUT2D eigenvalue weighted by atomic mass is 16.4. The molecule has 0 bridgehead atoms. The third-order valence-electron chi connectivity index (χ3n) is 2.96. The molecule has 0 heterocycles. The second-order valence-corrected chi connectivity index (χ2v) is 4.37. The second kappa shape index (κ2) is 4.97. The minimum absolute atomic E-state index is 0.118. The fourth-order valence-electron chi connectivity index (χ4n) is 2.04. The topological polar surface area (TPSA) is 90.2 Å². The number of carboxylic acids is 1. The van der Waals surface area contributed by atoms with Crippen LogP contribution in [0.5, 0.6) is 0 Å². The lowest BCUT2D eigenvalue weighted by Crippen LogP contribution is -2.43. The molecule has 88 valence electrons. The van der Waals surface area contributed by atoms with Crippen molar-refractivity contribution in [1.82, 2.24) is 5.32 Å². The van der Waals surface area contributed by atoms with Crippen LogP contribution < -0.4 is 5.32 Å². The molecule has 16 heavy (non-hydrogen) atoms. The summed E-state index contributed by atoms with van der Waals surface area (Å²) >= 11 is 0. The zero-order valence-corrected chi connectivity index (χ0v) is 9.32. The van der Waals surface area contributed by atoms with Gasteiger partial charge in [0.05, 0.1) is 12.5 Å². The summed E-state index contributed by atoms with van der Waals surface area (Å²) in [7, 11) is 0. The molecule has 1 fully saturated rings. The van der Waals surface area contributed by atoms with E-state index in [0.717, 1.165) is 12.8 Å². The molecule has 0 aromatic rings. The van der Waals surface area contributed by atoms with E-state index in [1.54, 1.807) is 6.92 Å². The van der Waals surface area contributed by atoms with Crippen LogP contribution in [-0.2, 0) is 9.59 Å². The minimum Gasteiger partial charge on any atom is -0.481 e. The summed E-state index contributed by atoms with van der Waals surface area (Å²) in [5.74, 6) is -1.27. The Morgan fingerprint density at radius 2 is 2.06 bits per heavy atom. The van der Waals surface area contributed by atoms with Crippen LogP contribution in [0.15, 0.2) is 0 Å². The average molecular weight is 224 g/mol. The van der Waals surface area contributed by atoms with Gasteiger partial charge in [0.1, 0.15) is 5.41 Å². The van der Waals surface area contributed by atoms with E-state index in [2.05, 4.69) is 11.4 Å². The van der Waals surface area contributed by atoms with Crippen molar-refractivity contribution in [2.24, 2.45) is 5.41 Å². The fourth-order valence-corrected chi connectivity index (χ4v) is 2.04. The van der Waals surface area contributed by atoms with Gasteiger partial charge in [-0.05, 0) is 19.8 Å². The molecule has 1 unspecified atom stereocenters. The van der Waals surface area contributed by atoms with E-state index in [0.29, 0.717) is 12.8 Å². The van der Waals surface area contributed by atoms with Crippen molar-refractivity contribution in [2.75, 3.05) is 0 Å². The Labute approximate surface area is 94.4 Å². The number of hydrogen-bond donors (Lipinski definition) is 2. The number of nitrogens with one attached hydrogen (secondary N) is 1. The lowest BCUT2D eigenvalue weighted by molar-refractivity contribution is -0.137. The molecule has 2 N–H and O–H groups in total. The van der Waals surface area contributed by atoms with Gasteiger partial charge in [-0.3, -0.25) is 9.59 Å². The first kappa shape index (κ1) is 12.5. The predicted molar refractivity (Wildman–Crippen MR) is 56.4 cm³/mol. The lowest BCUT2D eigenvalue weighted by Gasteiger charge is -2.21. The summed E-state index contributed by atoms with van der Waals surface area (Å²) in [5, 5.41) is 20.2. The summed E-state index contributed by atoms with van der Waals surface area (Å²) in [6, 6.07) is 1.64. The van der Waals surface area contributed by atoms with Crippen LogP contribution >= 0.6 is 0 Å². The Kier molecular flexibility index (Phi) is 3.88. The van der Waals surface area contributed by atoms with Crippen LogP contribution in [0.2, 0.25) is 0 Å². The Bertz CT molecular complexity index is 327. The molecule has 0 aliphatic heterocycles. The number of amides is 1. The van der Waals surface area contributed by atoms with Gasteiger partial charge in [-0.25, -0.2) is 0 Å². The van der Waals surface area contributed by atoms with Crippen molar-refractivity contribution in [3.63, 3.8) is 0 Å². The van der Waals surface area contributed by atoms with Crippen molar-refractivity contribution >= 4 is 11.9 Å². The maximum absolute atomic E-state index is 11.9. The number of nitriles is 1. The average Bonchev–Trinajstić information content (AvgIpc) is 2.65. The number of carbonyl (C=O) groups is 2. The highest BCUT2D eigenvalue weighted by molar-refractivity contribution is 5.86. The Morgan fingerprint density at radius 1 is 1.50 bits per heavy atom. The minimum atomic E-state index is -0.953. The maximum atomic E-state index is 11.9. The van der Waals surface area contributed by atoms with Gasteiger partial charge < -0.3 is 10.4 Å². The highest BCUT2D eigenvalue weighted by Gasteiger charge is 2.41. The van der Waals surface area contributed by atoms with Crippen molar-refractivity contribution < 1.29 is 14.7 Å². The van der Waals surface area contributed by atoms with E-state index in [4.69, 9.17) is 10.4 Å². The largest absolute Gasteiger partial charge is 0.481 e. The molecule has 1 aliphatic rings. The molecule has 0 aromatic carbocycles. The van der Waals surface area contributed by atoms with Gasteiger partial charge in [0.25, 0.3) is 0 Å². The van der Waals surface area contributed by atoms with Crippen molar-refractivity contribution in [3.8, 4) is 6.07 Å². The lowest BCUT2D eigenvalue weighted by atomic mass is 9.87. The normalized spacial score (nSPS) is 19.8. The molecule has 1 atom stereocenters. The van der Waals surface area contributed by atoms with Crippen LogP contribution in [0.4, 0.5) is 0 Å². The monoisotopic (exact) mass is 224 g/mol. The molecule has 1 aliphatic carbocycles. The molecule has 1 amide bonds. The first-order chi connectivity index (χ1) is 7.50. The highest BCUT2D eigenvalue weighted by Crippen LogP contribution is 2.37. The molecule has 0 saturated heterocycles. The summed E-state index contributed by atoms with van der Waals surface area (Å²) in [4.78, 5) is 22.3. The van der Waals surface area contributed by atoms with Crippen molar-refractivity contribution in [2.45, 2.75) is 45.1 Å². The van der Waals surface area contributed by atoms with E-state index in [1.165, 1.54) is 0 Å². The smallest absolute Gasteiger partial charge is 0.305 e. The SMILES string of the molecule is CC(CC(=O)O)NC(=O)C1(C#N)CCCC1. The van der Waals surface area contributed by atoms with Crippen molar-refractivity contribution in [3.05, 3.63) is 0 Å². The molecule has 5 heteroatoms. The van der Waals surface area contributed by atoms with E-state index in [1.807, 2.05) is 0 Å². The van der Waals surface area contributed by atoms with Crippen LogP contribution in [0, 0.1) is 16.7 Å². The third-order valence-corrected chi connectivity index (χ3v) is 2.96. The van der Waals surface area contributed by atoms with E-state index >= 15 is 0 Å². The van der Waals surface area contributed by atoms with Crippen LogP contribution in [0.25, 0.3) is 0 Å². The fraction of sp³-hybridized carbons (Fsp3) is 0.727. The van der Waals surface area contributed by atoms with E-state index in [9.17, 15) is 9.59 Å². The molecule has 5 nitrogen and oxygen atoms in total. The molecule has 0 radical (unpaired) electrons. The van der Waals surface area contributed by atoms with Crippen LogP contribution in [-0.4, -0.2) is 23.0 Å². The number of carbonyl (C=O) groups excluding carboxylic acids is 1.